The van der Waals surface area contributed by atoms with Gasteiger partial charge in [-0.15, -0.1) is 0 Å². The van der Waals surface area contributed by atoms with Crippen LogP contribution in [0, 0.1) is 5.92 Å². The second-order valence-electron chi connectivity index (χ2n) is 3.81. The van der Waals surface area contributed by atoms with Gasteiger partial charge in [-0.25, -0.2) is 4.79 Å². The predicted octanol–water partition coefficient (Wildman–Crippen LogP) is 2.17. The van der Waals surface area contributed by atoms with Crippen LogP contribution in [0.1, 0.15) is 34.1 Å². The van der Waals surface area contributed by atoms with Gasteiger partial charge in [-0.05, 0) is 26.2 Å². The van der Waals surface area contributed by atoms with Crippen molar-refractivity contribution in [1.29, 1.82) is 0 Å². The average molecular weight is 239 g/mol. The van der Waals surface area contributed by atoms with Crippen molar-refractivity contribution < 1.29 is 14.3 Å². The molecule has 17 heavy (non-hydrogen) atoms. The van der Waals surface area contributed by atoms with E-state index in [1.807, 2.05) is 26.0 Å². The van der Waals surface area contributed by atoms with E-state index in [1.165, 1.54) is 13.0 Å². The maximum atomic E-state index is 11.3. The zero-order valence-electron chi connectivity index (χ0n) is 10.9. The van der Waals surface area contributed by atoms with Crippen LogP contribution in [0.3, 0.4) is 0 Å². The molecule has 0 aliphatic carbocycles. The highest BCUT2D eigenvalue weighted by molar-refractivity contribution is 5.84. The molecule has 0 radical (unpaired) electrons. The lowest BCUT2D eigenvalue weighted by Crippen LogP contribution is -2.21. The van der Waals surface area contributed by atoms with Crippen LogP contribution in [0.4, 0.5) is 0 Å². The van der Waals surface area contributed by atoms with Crippen molar-refractivity contribution in [3.05, 3.63) is 23.9 Å². The summed E-state index contributed by atoms with van der Waals surface area (Å²) in [5.41, 5.74) is 0.585. The molecule has 0 saturated carbocycles. The van der Waals surface area contributed by atoms with Crippen molar-refractivity contribution in [2.24, 2.45) is 5.92 Å². The third-order valence-electron chi connectivity index (χ3n) is 1.98. The molecule has 4 heteroatoms. The van der Waals surface area contributed by atoms with Crippen LogP contribution in [0.5, 0.6) is 0 Å². The summed E-state index contributed by atoms with van der Waals surface area (Å²) in [4.78, 5) is 22.3. The highest BCUT2D eigenvalue weighted by Gasteiger charge is 2.07. The van der Waals surface area contributed by atoms with E-state index in [-0.39, 0.29) is 11.8 Å². The highest BCUT2D eigenvalue weighted by atomic mass is 16.5. The maximum Gasteiger partial charge on any atom is 0.332 e. The van der Waals surface area contributed by atoms with E-state index in [1.54, 1.807) is 6.92 Å². The van der Waals surface area contributed by atoms with Crippen LogP contribution in [0.15, 0.2) is 23.9 Å². The van der Waals surface area contributed by atoms with Gasteiger partial charge in [-0.1, -0.05) is 19.1 Å². The first-order chi connectivity index (χ1) is 7.99. The molecule has 1 atom stereocenters. The molecule has 0 rings (SSSR count). The molecule has 1 unspecified atom stereocenters. The molecule has 0 bridgehead atoms. The van der Waals surface area contributed by atoms with Crippen molar-refractivity contribution >= 4 is 11.9 Å². The van der Waals surface area contributed by atoms with E-state index in [9.17, 15) is 9.59 Å². The Morgan fingerprint density at radius 1 is 1.41 bits per heavy atom. The normalized spacial score (nSPS) is 13.5. The predicted molar refractivity (Wildman–Crippen MR) is 67.1 cm³/mol. The number of hydrogen-bond acceptors (Lipinski definition) is 3. The lowest BCUT2D eigenvalue weighted by molar-refractivity contribution is -0.137. The zero-order chi connectivity index (χ0) is 13.3. The number of esters is 1. The molecule has 0 aliphatic heterocycles. The Hall–Kier alpha value is -1.58. The fourth-order valence-electron chi connectivity index (χ4n) is 1.44. The number of ether oxygens (including phenoxy) is 1. The van der Waals surface area contributed by atoms with Crippen molar-refractivity contribution in [3.8, 4) is 0 Å². The van der Waals surface area contributed by atoms with Gasteiger partial charge < -0.3 is 10.1 Å². The largest absolute Gasteiger partial charge is 0.463 e. The summed E-state index contributed by atoms with van der Waals surface area (Å²) >= 11 is 0. The minimum atomic E-state index is -0.427. The molecule has 1 N–H and O–H groups in total. The van der Waals surface area contributed by atoms with E-state index < -0.39 is 5.97 Å². The van der Waals surface area contributed by atoms with Crippen LogP contribution in [-0.2, 0) is 14.3 Å². The third kappa shape index (κ3) is 8.25. The van der Waals surface area contributed by atoms with E-state index in [4.69, 9.17) is 4.74 Å². The molecule has 0 heterocycles. The van der Waals surface area contributed by atoms with Crippen LogP contribution in [0.2, 0.25) is 0 Å². The molecule has 96 valence electrons. The Balaban J connectivity index is 4.62. The van der Waals surface area contributed by atoms with Gasteiger partial charge in [0.15, 0.2) is 0 Å². The molecule has 4 nitrogen and oxygen atoms in total. The summed E-state index contributed by atoms with van der Waals surface area (Å²) in [5, 5.41) is 2.65. The zero-order valence-corrected chi connectivity index (χ0v) is 10.9. The first-order valence-electron chi connectivity index (χ1n) is 5.77. The summed E-state index contributed by atoms with van der Waals surface area (Å²) in [5.74, 6) is -0.357. The smallest absolute Gasteiger partial charge is 0.332 e. The van der Waals surface area contributed by atoms with Gasteiger partial charge in [0.2, 0.25) is 5.91 Å². The molecule has 0 aromatic heterocycles. The number of allylic oxidation sites excluding steroid dienone is 3. The van der Waals surface area contributed by atoms with Crippen molar-refractivity contribution in [2.75, 3.05) is 6.61 Å². The van der Waals surface area contributed by atoms with E-state index in [0.717, 1.165) is 0 Å². The summed E-state index contributed by atoms with van der Waals surface area (Å²) in [6.45, 7) is 7.43. The summed E-state index contributed by atoms with van der Waals surface area (Å²) in [6, 6.07) is 0. The number of hydrogen-bond donors (Lipinski definition) is 1. The Morgan fingerprint density at radius 3 is 2.53 bits per heavy atom. The number of carbonyl (C=O) groups excluding carboxylic acids is 2. The van der Waals surface area contributed by atoms with Gasteiger partial charge >= 0.3 is 5.97 Å². The van der Waals surface area contributed by atoms with Gasteiger partial charge in [0, 0.05) is 18.7 Å². The molecular weight excluding hydrogens is 218 g/mol. The number of carbonyl (C=O) groups is 2. The summed E-state index contributed by atoms with van der Waals surface area (Å²) in [6.07, 6.45) is 5.90. The Labute approximate surface area is 103 Å². The van der Waals surface area contributed by atoms with Gasteiger partial charge in [0.1, 0.15) is 0 Å². The van der Waals surface area contributed by atoms with Crippen LogP contribution in [0.25, 0.3) is 0 Å². The fourth-order valence-corrected chi connectivity index (χ4v) is 1.44. The third-order valence-corrected chi connectivity index (χ3v) is 1.98. The van der Waals surface area contributed by atoms with Gasteiger partial charge in [0.05, 0.1) is 6.61 Å². The highest BCUT2D eigenvalue weighted by Crippen LogP contribution is 2.10. The Morgan fingerprint density at radius 2 is 2.06 bits per heavy atom. The second kappa shape index (κ2) is 8.56. The van der Waals surface area contributed by atoms with Crippen LogP contribution < -0.4 is 5.32 Å². The molecule has 0 aromatic rings. The summed E-state index contributed by atoms with van der Waals surface area (Å²) in [7, 11) is 0. The van der Waals surface area contributed by atoms with Crippen molar-refractivity contribution in [2.45, 2.75) is 34.1 Å². The lowest BCUT2D eigenvalue weighted by atomic mass is 10.0. The fraction of sp³-hybridized carbons (Fsp3) is 0.538. The molecule has 0 saturated heterocycles. The quantitative estimate of drug-likeness (QED) is 0.439. The monoisotopic (exact) mass is 239 g/mol. The molecule has 0 aromatic carbocycles. The Kier molecular flexibility index (Phi) is 7.76. The van der Waals surface area contributed by atoms with Crippen molar-refractivity contribution in [3.63, 3.8) is 0 Å². The standard InChI is InChI=1S/C13H21NO3/c1-5-7-10(3)8-12(14-11(4)15)9-13(16)17-6-2/h5,7,9-10H,6,8H2,1-4H3,(H,14,15)/b7-5+,12-9?. The molecule has 0 spiro atoms. The molecule has 1 amide bonds. The van der Waals surface area contributed by atoms with Gasteiger partial charge in [0.25, 0.3) is 0 Å². The molecule has 0 aliphatic rings. The molecule has 0 fully saturated rings. The topological polar surface area (TPSA) is 55.4 Å². The SMILES string of the molecule is C/C=C/C(C)CC(=CC(=O)OCC)NC(C)=O. The second-order valence-corrected chi connectivity index (χ2v) is 3.81. The lowest BCUT2D eigenvalue weighted by Gasteiger charge is -2.11. The van der Waals surface area contributed by atoms with Crippen LogP contribution >= 0.6 is 0 Å². The maximum absolute atomic E-state index is 11.3. The Bertz CT molecular complexity index is 319. The number of amides is 1. The number of nitrogens with one attached hydrogen (secondary N) is 1. The van der Waals surface area contributed by atoms with E-state index >= 15 is 0 Å². The van der Waals surface area contributed by atoms with E-state index in [0.29, 0.717) is 18.7 Å². The first-order valence-corrected chi connectivity index (χ1v) is 5.77. The average Bonchev–Trinajstić information content (AvgIpc) is 2.16. The number of rotatable bonds is 6. The van der Waals surface area contributed by atoms with Crippen LogP contribution in [-0.4, -0.2) is 18.5 Å². The summed E-state index contributed by atoms with van der Waals surface area (Å²) < 4.78 is 4.81. The van der Waals surface area contributed by atoms with E-state index in [2.05, 4.69) is 5.32 Å². The first kappa shape index (κ1) is 15.4. The van der Waals surface area contributed by atoms with Gasteiger partial charge in [-0.3, -0.25) is 4.79 Å². The minimum absolute atomic E-state index is 0.187. The molecular formula is C13H21NO3. The van der Waals surface area contributed by atoms with Crippen molar-refractivity contribution in [1.82, 2.24) is 5.32 Å². The minimum Gasteiger partial charge on any atom is -0.463 e. The van der Waals surface area contributed by atoms with Gasteiger partial charge in [-0.2, -0.15) is 0 Å².